The number of hydrogen-bond donors (Lipinski definition) is 2. The van der Waals surface area contributed by atoms with Crippen molar-refractivity contribution in [2.45, 2.75) is 118 Å². The summed E-state index contributed by atoms with van der Waals surface area (Å²) in [4.78, 5) is 80.4. The second-order valence-electron chi connectivity index (χ2n) is 15.3. The molecule has 2 atom stereocenters. The fourth-order valence-corrected chi connectivity index (χ4v) is 5.66. The van der Waals surface area contributed by atoms with Crippen molar-refractivity contribution in [3.8, 4) is 0 Å². The van der Waals surface area contributed by atoms with Gasteiger partial charge in [-0.05, 0) is 93.9 Å². The molecule has 1 unspecified atom stereocenters. The predicted molar refractivity (Wildman–Crippen MR) is 182 cm³/mol. The average molecular weight is 742 g/mol. The Bertz CT molecular complexity index is 1230. The molecule has 284 valence electrons. The first-order chi connectivity index (χ1) is 21.7. The van der Waals surface area contributed by atoms with Crippen LogP contribution in [0, 0.1) is 0 Å². The SMILES string of the molecule is CC(C)(C)OC(=O)CN(CC(=O)OC(C)(C)C)CC(C(=O)N[C@@H](CSS(C)(=O)=O)C(=O)O)N(CC(=O)OC(C)(C)C)CC(=O)OC(C)(C)C. The summed E-state index contributed by atoms with van der Waals surface area (Å²) >= 11 is 0. The van der Waals surface area contributed by atoms with Crippen LogP contribution in [0.1, 0.15) is 83.1 Å². The number of nitrogens with one attached hydrogen (secondary N) is 1. The van der Waals surface area contributed by atoms with E-state index in [4.69, 9.17) is 18.9 Å². The van der Waals surface area contributed by atoms with Gasteiger partial charge in [-0.3, -0.25) is 33.8 Å². The third-order valence-corrected chi connectivity index (χ3v) is 7.88. The van der Waals surface area contributed by atoms with Crippen molar-refractivity contribution in [3.05, 3.63) is 0 Å². The van der Waals surface area contributed by atoms with Gasteiger partial charge in [0.15, 0.2) is 8.87 Å². The molecule has 0 aliphatic carbocycles. The van der Waals surface area contributed by atoms with E-state index in [9.17, 15) is 42.3 Å². The van der Waals surface area contributed by atoms with Gasteiger partial charge in [0, 0.05) is 18.6 Å². The van der Waals surface area contributed by atoms with Gasteiger partial charge in [-0.25, -0.2) is 13.2 Å². The molecule has 0 fully saturated rings. The third kappa shape index (κ3) is 23.9. The van der Waals surface area contributed by atoms with Gasteiger partial charge in [-0.2, -0.15) is 0 Å². The number of carboxylic acids is 1. The van der Waals surface area contributed by atoms with Crippen LogP contribution >= 0.6 is 10.8 Å². The van der Waals surface area contributed by atoms with Crippen molar-refractivity contribution in [1.29, 1.82) is 0 Å². The molecule has 0 aliphatic rings. The predicted octanol–water partition coefficient (Wildman–Crippen LogP) is 1.59. The number of rotatable bonds is 17. The lowest BCUT2D eigenvalue weighted by atomic mass is 10.1. The highest BCUT2D eigenvalue weighted by Gasteiger charge is 2.37. The van der Waals surface area contributed by atoms with E-state index >= 15 is 0 Å². The lowest BCUT2D eigenvalue weighted by Gasteiger charge is -2.35. The molecule has 0 aromatic heterocycles. The summed E-state index contributed by atoms with van der Waals surface area (Å²) in [6.07, 6.45) is 0.871. The fourth-order valence-electron chi connectivity index (χ4n) is 3.90. The van der Waals surface area contributed by atoms with Crippen molar-refractivity contribution in [3.63, 3.8) is 0 Å². The highest BCUT2D eigenvalue weighted by Crippen LogP contribution is 2.16. The van der Waals surface area contributed by atoms with E-state index in [1.54, 1.807) is 83.1 Å². The minimum Gasteiger partial charge on any atom is -0.480 e. The number of carboxylic acid groups (broad SMARTS) is 1. The number of aliphatic carboxylic acids is 1. The van der Waals surface area contributed by atoms with Crippen LogP contribution < -0.4 is 5.32 Å². The summed E-state index contributed by atoms with van der Waals surface area (Å²) in [5, 5.41) is 12.1. The van der Waals surface area contributed by atoms with Gasteiger partial charge >= 0.3 is 29.8 Å². The number of carbonyl (C=O) groups excluding carboxylic acids is 5. The van der Waals surface area contributed by atoms with E-state index in [0.717, 1.165) is 11.2 Å². The summed E-state index contributed by atoms with van der Waals surface area (Å²) in [7, 11) is -3.42. The maximum atomic E-state index is 14.0. The zero-order chi connectivity index (χ0) is 38.8. The van der Waals surface area contributed by atoms with E-state index in [1.807, 2.05) is 0 Å². The van der Waals surface area contributed by atoms with Gasteiger partial charge in [-0.1, -0.05) is 0 Å². The van der Waals surface area contributed by atoms with Crippen LogP contribution in [-0.4, -0.2) is 138 Å². The highest BCUT2D eigenvalue weighted by molar-refractivity contribution is 8.71. The van der Waals surface area contributed by atoms with Gasteiger partial charge < -0.3 is 29.4 Å². The Morgan fingerprint density at radius 3 is 1.27 bits per heavy atom. The molecule has 0 rings (SSSR count). The van der Waals surface area contributed by atoms with Crippen molar-refractivity contribution in [2.75, 3.05) is 44.7 Å². The second kappa shape index (κ2) is 18.3. The maximum Gasteiger partial charge on any atom is 0.327 e. The molecule has 2 N–H and O–H groups in total. The summed E-state index contributed by atoms with van der Waals surface area (Å²) in [6, 6.07) is -3.35. The molecule has 0 heterocycles. The van der Waals surface area contributed by atoms with Crippen LogP contribution in [0.15, 0.2) is 0 Å². The first-order valence-electron chi connectivity index (χ1n) is 15.5. The Labute approximate surface area is 293 Å². The second-order valence-corrected chi connectivity index (χ2v) is 19.8. The smallest absolute Gasteiger partial charge is 0.327 e. The first kappa shape index (κ1) is 46.0. The van der Waals surface area contributed by atoms with Crippen LogP contribution in [0.3, 0.4) is 0 Å². The van der Waals surface area contributed by atoms with Gasteiger partial charge in [0.1, 0.15) is 34.5 Å². The summed E-state index contributed by atoms with van der Waals surface area (Å²) < 4.78 is 45.2. The number of carbonyl (C=O) groups is 6. The largest absolute Gasteiger partial charge is 0.480 e. The van der Waals surface area contributed by atoms with E-state index in [2.05, 4.69) is 5.32 Å². The van der Waals surface area contributed by atoms with Crippen LogP contribution in [0.4, 0.5) is 0 Å². The topological polar surface area (TPSA) is 212 Å². The Morgan fingerprint density at radius 2 is 0.980 bits per heavy atom. The van der Waals surface area contributed by atoms with Crippen molar-refractivity contribution in [2.24, 2.45) is 0 Å². The highest BCUT2D eigenvalue weighted by atomic mass is 33.1. The quantitative estimate of drug-likeness (QED) is 0.123. The van der Waals surface area contributed by atoms with Crippen LogP contribution in [0.25, 0.3) is 0 Å². The lowest BCUT2D eigenvalue weighted by molar-refractivity contribution is -0.166. The monoisotopic (exact) mass is 741 g/mol. The summed E-state index contributed by atoms with van der Waals surface area (Å²) in [6.45, 7) is 16.4. The average Bonchev–Trinajstić information content (AvgIpc) is 2.78. The molecule has 0 radical (unpaired) electrons. The Hall–Kier alpha value is -2.96. The number of nitrogens with zero attached hydrogens (tertiary/aromatic N) is 2. The number of amides is 1. The molecule has 0 aromatic rings. The standard InChI is InChI=1S/C31H55N3O13S2/c1-28(2,3)44-22(35)15-33(16-23(36)45-29(4,5)6)14-21(26(39)32-20(27(40)41)19-48-49(13,42)43)34(17-24(37)46-30(7,8)9)18-25(38)47-31(10,11)12/h20-21H,14-19H2,1-13H3,(H,32,39)(H,40,41)/t20-,21?/m0/s1. The zero-order valence-electron chi connectivity index (χ0n) is 31.0. The van der Waals surface area contributed by atoms with E-state index in [1.165, 1.54) is 4.90 Å². The summed E-state index contributed by atoms with van der Waals surface area (Å²) in [5.41, 5.74) is -3.78. The van der Waals surface area contributed by atoms with Gasteiger partial charge in [0.05, 0.1) is 26.2 Å². The maximum absolute atomic E-state index is 14.0. The molecule has 18 heteroatoms. The van der Waals surface area contributed by atoms with Crippen LogP contribution in [-0.2, 0) is 56.6 Å². The Balaban J connectivity index is 7.09. The fraction of sp³-hybridized carbons (Fsp3) is 0.806. The lowest BCUT2D eigenvalue weighted by Crippen LogP contribution is -2.59. The normalized spacial score (nSPS) is 14.1. The minimum absolute atomic E-state index is 0.289. The van der Waals surface area contributed by atoms with Gasteiger partial charge in [-0.15, -0.1) is 0 Å². The molecule has 49 heavy (non-hydrogen) atoms. The van der Waals surface area contributed by atoms with E-state index in [0.29, 0.717) is 0 Å². The molecule has 0 bridgehead atoms. The molecule has 0 spiro atoms. The van der Waals surface area contributed by atoms with E-state index in [-0.39, 0.29) is 10.8 Å². The molecule has 0 aliphatic heterocycles. The zero-order valence-corrected chi connectivity index (χ0v) is 32.6. The van der Waals surface area contributed by atoms with E-state index < -0.39 is 118 Å². The molecule has 1 amide bonds. The van der Waals surface area contributed by atoms with Crippen molar-refractivity contribution in [1.82, 2.24) is 15.1 Å². The first-order valence-corrected chi connectivity index (χ1v) is 18.9. The summed E-state index contributed by atoms with van der Waals surface area (Å²) in [5.74, 6) is -6.49. The third-order valence-electron chi connectivity index (χ3n) is 5.29. The molecular weight excluding hydrogens is 686 g/mol. The Kier molecular flexibility index (Phi) is 17.2. The van der Waals surface area contributed by atoms with Gasteiger partial charge in [0.2, 0.25) is 5.91 Å². The van der Waals surface area contributed by atoms with Crippen LogP contribution in [0.5, 0.6) is 0 Å². The number of ether oxygens (including phenoxy) is 4. The van der Waals surface area contributed by atoms with Gasteiger partial charge in [0.25, 0.3) is 0 Å². The van der Waals surface area contributed by atoms with Crippen LogP contribution in [0.2, 0.25) is 0 Å². The molecule has 0 aromatic carbocycles. The number of hydrogen-bond acceptors (Lipinski definition) is 15. The molecule has 0 saturated carbocycles. The molecule has 16 nitrogen and oxygen atoms in total. The number of esters is 4. The molecular formula is C31H55N3O13S2. The van der Waals surface area contributed by atoms with Crippen molar-refractivity contribution >= 4 is 55.4 Å². The van der Waals surface area contributed by atoms with Crippen molar-refractivity contribution < 1.29 is 61.2 Å². The minimum atomic E-state index is -3.71. The molecule has 0 saturated heterocycles. The Morgan fingerprint density at radius 1 is 0.653 bits per heavy atom.